The molecule has 1 amide bonds. The van der Waals surface area contributed by atoms with Gasteiger partial charge in [0, 0.05) is 31.1 Å². The number of aryl methyl sites for hydroxylation is 2. The Morgan fingerprint density at radius 2 is 2.38 bits per heavy atom. The topological polar surface area (TPSA) is 75.6 Å². The molecule has 2 N–H and O–H groups in total. The minimum absolute atomic E-state index is 0.136. The van der Waals surface area contributed by atoms with Crippen molar-refractivity contribution in [2.24, 2.45) is 7.05 Å². The average Bonchev–Trinajstić information content (AvgIpc) is 3.05. The van der Waals surface area contributed by atoms with Gasteiger partial charge in [0.2, 0.25) is 5.91 Å². The Kier molecular flexibility index (Phi) is 4.80. The normalized spacial score (nSPS) is 12.8. The van der Waals surface area contributed by atoms with Crippen molar-refractivity contribution in [1.82, 2.24) is 25.1 Å². The quantitative estimate of drug-likeness (QED) is 0.833. The zero-order valence-electron chi connectivity index (χ0n) is 12.2. The highest BCUT2D eigenvalue weighted by Crippen LogP contribution is 2.20. The maximum absolute atomic E-state index is 12.0. The van der Waals surface area contributed by atoms with Gasteiger partial charge in [-0.3, -0.25) is 9.48 Å². The van der Waals surface area contributed by atoms with Gasteiger partial charge >= 0.3 is 0 Å². The van der Waals surface area contributed by atoms with E-state index in [0.29, 0.717) is 5.15 Å². The molecule has 2 rings (SSSR count). The molecule has 2 aromatic heterocycles. The number of nitrogens with one attached hydrogen (secondary N) is 2. The Morgan fingerprint density at radius 1 is 1.62 bits per heavy atom. The van der Waals surface area contributed by atoms with Crippen molar-refractivity contribution in [3.63, 3.8) is 0 Å². The van der Waals surface area contributed by atoms with Crippen molar-refractivity contribution in [1.29, 1.82) is 0 Å². The summed E-state index contributed by atoms with van der Waals surface area (Å²) in [6.45, 7) is 3.83. The van der Waals surface area contributed by atoms with Crippen LogP contribution in [0.2, 0.25) is 5.15 Å². The van der Waals surface area contributed by atoms with Crippen LogP contribution in [0.4, 0.5) is 0 Å². The van der Waals surface area contributed by atoms with Gasteiger partial charge < -0.3 is 10.3 Å². The first-order valence-electron chi connectivity index (χ1n) is 6.69. The predicted octanol–water partition coefficient (Wildman–Crippen LogP) is 2.39. The van der Waals surface area contributed by atoms with Gasteiger partial charge in [0.25, 0.3) is 0 Å². The van der Waals surface area contributed by atoms with Crippen LogP contribution in [0.5, 0.6) is 0 Å². The van der Waals surface area contributed by atoms with Crippen LogP contribution in [-0.4, -0.2) is 25.7 Å². The minimum Gasteiger partial charge on any atom is -0.347 e. The second kappa shape index (κ2) is 6.58. The van der Waals surface area contributed by atoms with Crippen LogP contribution in [0.3, 0.4) is 0 Å². The number of nitrogens with zero attached hydrogens (tertiary/aromatic N) is 3. The summed E-state index contributed by atoms with van der Waals surface area (Å²) in [6.07, 6.45) is 7.29. The molecule has 7 heteroatoms. The molecule has 6 nitrogen and oxygen atoms in total. The first kappa shape index (κ1) is 15.3. The lowest BCUT2D eigenvalue weighted by atomic mass is 10.2. The third-order valence-corrected chi connectivity index (χ3v) is 3.62. The van der Waals surface area contributed by atoms with E-state index in [-0.39, 0.29) is 11.9 Å². The Hall–Kier alpha value is -2.08. The number of aromatic nitrogens is 4. The monoisotopic (exact) mass is 307 g/mol. The van der Waals surface area contributed by atoms with E-state index in [1.165, 1.54) is 6.08 Å². The molecule has 1 atom stereocenters. The SMILES string of the molecule is CCC(NC(=O)/C=C/c1c(C)nn(C)c1Cl)c1ncc[nH]1. The standard InChI is InChI=1S/C14H18ClN5O/c1-4-11(14-16-7-8-17-14)18-12(21)6-5-10-9(2)19-20(3)13(10)15/h5-8,11H,4H2,1-3H3,(H,16,17)(H,18,21)/b6-5+. The summed E-state index contributed by atoms with van der Waals surface area (Å²) in [6, 6.07) is -0.136. The van der Waals surface area contributed by atoms with Gasteiger partial charge in [-0.15, -0.1) is 0 Å². The molecule has 21 heavy (non-hydrogen) atoms. The van der Waals surface area contributed by atoms with Gasteiger partial charge in [0.05, 0.1) is 11.7 Å². The molecular weight excluding hydrogens is 290 g/mol. The van der Waals surface area contributed by atoms with Gasteiger partial charge in [-0.05, 0) is 19.4 Å². The lowest BCUT2D eigenvalue weighted by Gasteiger charge is -2.12. The molecule has 2 heterocycles. The highest BCUT2D eigenvalue weighted by molar-refractivity contribution is 6.31. The number of halogens is 1. The molecule has 0 fully saturated rings. The zero-order chi connectivity index (χ0) is 15.4. The number of amides is 1. The highest BCUT2D eigenvalue weighted by atomic mass is 35.5. The summed E-state index contributed by atoms with van der Waals surface area (Å²) in [7, 11) is 1.76. The van der Waals surface area contributed by atoms with Crippen LogP contribution in [0.1, 0.15) is 36.5 Å². The van der Waals surface area contributed by atoms with E-state index in [9.17, 15) is 4.79 Å². The molecule has 0 radical (unpaired) electrons. The molecule has 0 spiro atoms. The van der Waals surface area contributed by atoms with Gasteiger partial charge in [0.15, 0.2) is 0 Å². The van der Waals surface area contributed by atoms with E-state index in [1.54, 1.807) is 30.2 Å². The van der Waals surface area contributed by atoms with Crippen molar-refractivity contribution in [3.8, 4) is 0 Å². The van der Waals surface area contributed by atoms with Gasteiger partial charge in [0.1, 0.15) is 11.0 Å². The highest BCUT2D eigenvalue weighted by Gasteiger charge is 2.13. The number of carbonyl (C=O) groups is 1. The molecule has 0 saturated carbocycles. The second-order valence-electron chi connectivity index (χ2n) is 4.69. The lowest BCUT2D eigenvalue weighted by Crippen LogP contribution is -2.27. The summed E-state index contributed by atoms with van der Waals surface area (Å²) in [5.41, 5.74) is 1.53. The van der Waals surface area contributed by atoms with E-state index < -0.39 is 0 Å². The second-order valence-corrected chi connectivity index (χ2v) is 5.05. The minimum atomic E-state index is -0.197. The number of hydrogen-bond donors (Lipinski definition) is 2. The molecular formula is C14H18ClN5O. The van der Waals surface area contributed by atoms with E-state index in [1.807, 2.05) is 13.8 Å². The summed E-state index contributed by atoms with van der Waals surface area (Å²) >= 11 is 6.11. The van der Waals surface area contributed by atoms with Crippen LogP contribution in [0.25, 0.3) is 6.08 Å². The van der Waals surface area contributed by atoms with Crippen LogP contribution in [0, 0.1) is 6.92 Å². The van der Waals surface area contributed by atoms with Gasteiger partial charge in [-0.2, -0.15) is 5.10 Å². The molecule has 0 aliphatic rings. The fourth-order valence-corrected chi connectivity index (χ4v) is 2.28. The Bertz CT molecular complexity index is 645. The first-order chi connectivity index (χ1) is 10.0. The Morgan fingerprint density at radius 3 is 2.90 bits per heavy atom. The van der Waals surface area contributed by atoms with Crippen LogP contribution < -0.4 is 5.32 Å². The molecule has 0 saturated heterocycles. The third-order valence-electron chi connectivity index (χ3n) is 3.17. The predicted molar refractivity (Wildman–Crippen MR) is 81.8 cm³/mol. The van der Waals surface area contributed by atoms with Gasteiger partial charge in [-0.25, -0.2) is 4.98 Å². The fourth-order valence-electron chi connectivity index (χ4n) is 2.05. The molecule has 112 valence electrons. The zero-order valence-corrected chi connectivity index (χ0v) is 13.0. The average molecular weight is 308 g/mol. The van der Waals surface area contributed by atoms with Crippen molar-refractivity contribution in [2.45, 2.75) is 26.3 Å². The van der Waals surface area contributed by atoms with Crippen molar-refractivity contribution >= 4 is 23.6 Å². The number of imidazole rings is 1. The summed E-state index contributed by atoms with van der Waals surface area (Å²) in [5.74, 6) is 0.549. The van der Waals surface area contributed by atoms with Gasteiger partial charge in [-0.1, -0.05) is 18.5 Å². The van der Waals surface area contributed by atoms with Crippen LogP contribution >= 0.6 is 11.6 Å². The summed E-state index contributed by atoms with van der Waals surface area (Å²) < 4.78 is 1.58. The third kappa shape index (κ3) is 3.52. The molecule has 0 aliphatic carbocycles. The van der Waals surface area contributed by atoms with Crippen molar-refractivity contribution in [3.05, 3.63) is 40.7 Å². The van der Waals surface area contributed by atoms with E-state index >= 15 is 0 Å². The number of carbonyl (C=O) groups excluding carboxylic acids is 1. The maximum Gasteiger partial charge on any atom is 0.244 e. The van der Waals surface area contributed by atoms with Crippen molar-refractivity contribution in [2.75, 3.05) is 0 Å². The molecule has 0 aromatic carbocycles. The number of H-pyrrole nitrogens is 1. The fraction of sp³-hybridized carbons (Fsp3) is 0.357. The van der Waals surface area contributed by atoms with Crippen LogP contribution in [0.15, 0.2) is 18.5 Å². The molecule has 2 aromatic rings. The molecule has 1 unspecified atom stereocenters. The van der Waals surface area contributed by atoms with E-state index in [0.717, 1.165) is 23.5 Å². The molecule has 0 aliphatic heterocycles. The summed E-state index contributed by atoms with van der Waals surface area (Å²) in [5, 5.41) is 7.60. The van der Waals surface area contributed by atoms with E-state index in [4.69, 9.17) is 11.6 Å². The Balaban J connectivity index is 2.06. The van der Waals surface area contributed by atoms with Crippen LogP contribution in [-0.2, 0) is 11.8 Å². The Labute approximate surface area is 128 Å². The number of rotatable bonds is 5. The maximum atomic E-state index is 12.0. The van der Waals surface area contributed by atoms with E-state index in [2.05, 4.69) is 20.4 Å². The summed E-state index contributed by atoms with van der Waals surface area (Å²) in [4.78, 5) is 19.2. The largest absolute Gasteiger partial charge is 0.347 e. The number of hydrogen-bond acceptors (Lipinski definition) is 3. The lowest BCUT2D eigenvalue weighted by molar-refractivity contribution is -0.117. The first-order valence-corrected chi connectivity index (χ1v) is 7.07. The molecule has 0 bridgehead atoms. The smallest absolute Gasteiger partial charge is 0.244 e. The number of aromatic amines is 1. The van der Waals surface area contributed by atoms with Crippen molar-refractivity contribution < 1.29 is 4.79 Å².